The second-order valence-corrected chi connectivity index (χ2v) is 11.4. The summed E-state index contributed by atoms with van der Waals surface area (Å²) in [6, 6.07) is 14.2. The fourth-order valence-corrected chi connectivity index (χ4v) is 6.09. The standard InChI is InChI=1S/C29H37BrN2O3/c1-20-6-5-7-21(2)26(20)28(34)31-18-14-29(4,15-19-31)32-16-12-24(13-17-32)27(35-22(3)33)23-8-10-25(30)11-9-23/h5-11,24,27H,12-19H2,1-4H3. The van der Waals surface area contributed by atoms with Crippen molar-refractivity contribution in [2.75, 3.05) is 26.2 Å². The number of hydrogen-bond donors (Lipinski definition) is 0. The van der Waals surface area contributed by atoms with Crippen molar-refractivity contribution < 1.29 is 14.3 Å². The fraction of sp³-hybridized carbons (Fsp3) is 0.517. The first-order valence-electron chi connectivity index (χ1n) is 12.7. The van der Waals surface area contributed by atoms with E-state index in [1.54, 1.807) is 0 Å². The van der Waals surface area contributed by atoms with E-state index in [4.69, 9.17) is 4.74 Å². The Balaban J connectivity index is 1.37. The van der Waals surface area contributed by atoms with E-state index in [0.29, 0.717) is 5.92 Å². The Bertz CT molecular complexity index is 1030. The summed E-state index contributed by atoms with van der Waals surface area (Å²) in [5.41, 5.74) is 4.13. The van der Waals surface area contributed by atoms with Gasteiger partial charge in [0.15, 0.2) is 0 Å². The Morgan fingerprint density at radius 3 is 2.09 bits per heavy atom. The molecule has 5 nitrogen and oxygen atoms in total. The second-order valence-electron chi connectivity index (χ2n) is 10.5. The van der Waals surface area contributed by atoms with Crippen LogP contribution in [-0.2, 0) is 9.53 Å². The number of amides is 1. The minimum atomic E-state index is -0.228. The van der Waals surface area contributed by atoms with Gasteiger partial charge in [0.2, 0.25) is 0 Å². The third kappa shape index (κ3) is 5.80. The number of aryl methyl sites for hydroxylation is 2. The molecule has 1 unspecified atom stereocenters. The number of hydrogen-bond acceptors (Lipinski definition) is 4. The molecule has 6 heteroatoms. The van der Waals surface area contributed by atoms with Crippen LogP contribution in [0.25, 0.3) is 0 Å². The summed E-state index contributed by atoms with van der Waals surface area (Å²) in [6.45, 7) is 11.4. The van der Waals surface area contributed by atoms with Crippen LogP contribution in [0.15, 0.2) is 46.9 Å². The molecule has 4 rings (SSSR count). The molecular formula is C29H37BrN2O3. The lowest BCUT2D eigenvalue weighted by atomic mass is 9.82. The van der Waals surface area contributed by atoms with Crippen LogP contribution in [-0.4, -0.2) is 53.4 Å². The van der Waals surface area contributed by atoms with E-state index in [9.17, 15) is 9.59 Å². The minimum absolute atomic E-state index is 0.0943. The fourth-order valence-electron chi connectivity index (χ4n) is 5.83. The molecule has 188 valence electrons. The van der Waals surface area contributed by atoms with E-state index >= 15 is 0 Å². The third-order valence-electron chi connectivity index (χ3n) is 8.05. The molecule has 2 heterocycles. The maximum atomic E-state index is 13.3. The van der Waals surface area contributed by atoms with Gasteiger partial charge >= 0.3 is 5.97 Å². The second kappa shape index (κ2) is 10.8. The lowest BCUT2D eigenvalue weighted by Gasteiger charge is -2.49. The van der Waals surface area contributed by atoms with E-state index in [2.05, 4.69) is 27.8 Å². The summed E-state index contributed by atoms with van der Waals surface area (Å²) in [5, 5.41) is 0. The van der Waals surface area contributed by atoms with E-state index < -0.39 is 0 Å². The van der Waals surface area contributed by atoms with Crippen molar-refractivity contribution in [2.45, 2.75) is 65.0 Å². The van der Waals surface area contributed by atoms with E-state index in [-0.39, 0.29) is 23.5 Å². The molecule has 0 aliphatic carbocycles. The summed E-state index contributed by atoms with van der Waals surface area (Å²) in [6.07, 6.45) is 3.75. The molecule has 0 N–H and O–H groups in total. The Kier molecular flexibility index (Phi) is 8.02. The maximum Gasteiger partial charge on any atom is 0.303 e. The average molecular weight is 542 g/mol. The van der Waals surface area contributed by atoms with Crippen molar-refractivity contribution in [1.82, 2.24) is 9.80 Å². The number of rotatable bonds is 5. The van der Waals surface area contributed by atoms with Crippen LogP contribution in [0.1, 0.15) is 72.7 Å². The Labute approximate surface area is 218 Å². The van der Waals surface area contributed by atoms with Crippen molar-refractivity contribution in [2.24, 2.45) is 5.92 Å². The van der Waals surface area contributed by atoms with Gasteiger partial charge in [-0.25, -0.2) is 0 Å². The Morgan fingerprint density at radius 1 is 0.971 bits per heavy atom. The van der Waals surface area contributed by atoms with E-state index in [1.165, 1.54) is 6.92 Å². The Hall–Kier alpha value is -2.18. The van der Waals surface area contributed by atoms with Crippen molar-refractivity contribution in [3.8, 4) is 0 Å². The highest BCUT2D eigenvalue weighted by Gasteiger charge is 2.40. The molecular weight excluding hydrogens is 504 g/mol. The van der Waals surface area contributed by atoms with Gasteiger partial charge in [-0.1, -0.05) is 46.3 Å². The van der Waals surface area contributed by atoms with Crippen LogP contribution < -0.4 is 0 Å². The number of nitrogens with zero attached hydrogens (tertiary/aromatic N) is 2. The summed E-state index contributed by atoms with van der Waals surface area (Å²) in [5.74, 6) is 0.249. The first-order valence-corrected chi connectivity index (χ1v) is 13.5. The summed E-state index contributed by atoms with van der Waals surface area (Å²) >= 11 is 3.49. The van der Waals surface area contributed by atoms with Crippen LogP contribution in [0.5, 0.6) is 0 Å². The molecule has 0 radical (unpaired) electrons. The SMILES string of the molecule is CC(=O)OC(c1ccc(Br)cc1)C1CCN(C2(C)CCN(C(=O)c3c(C)cccc3C)CC2)CC1. The molecule has 0 saturated carbocycles. The van der Waals surface area contributed by atoms with E-state index in [1.807, 2.05) is 61.2 Å². The zero-order valence-corrected chi connectivity index (χ0v) is 22.9. The van der Waals surface area contributed by atoms with Crippen LogP contribution in [0.3, 0.4) is 0 Å². The van der Waals surface area contributed by atoms with Gasteiger partial charge in [0.05, 0.1) is 0 Å². The minimum Gasteiger partial charge on any atom is -0.457 e. The maximum absolute atomic E-state index is 13.3. The topological polar surface area (TPSA) is 49.9 Å². The van der Waals surface area contributed by atoms with Gasteiger partial charge in [0, 0.05) is 41.5 Å². The molecule has 2 saturated heterocycles. The first kappa shape index (κ1) is 25.9. The lowest BCUT2D eigenvalue weighted by molar-refractivity contribution is -0.151. The summed E-state index contributed by atoms with van der Waals surface area (Å²) in [7, 11) is 0. The van der Waals surface area contributed by atoms with Crippen molar-refractivity contribution in [3.63, 3.8) is 0 Å². The molecule has 2 aliphatic heterocycles. The van der Waals surface area contributed by atoms with Gasteiger partial charge in [0.1, 0.15) is 6.10 Å². The molecule has 1 amide bonds. The van der Waals surface area contributed by atoms with E-state index in [0.717, 1.165) is 78.6 Å². The molecule has 35 heavy (non-hydrogen) atoms. The van der Waals surface area contributed by atoms with Crippen LogP contribution in [0, 0.1) is 19.8 Å². The largest absolute Gasteiger partial charge is 0.457 e. The molecule has 0 spiro atoms. The van der Waals surface area contributed by atoms with Crippen molar-refractivity contribution in [3.05, 3.63) is 69.2 Å². The predicted octanol–water partition coefficient (Wildman–Crippen LogP) is 6.08. The third-order valence-corrected chi connectivity index (χ3v) is 8.57. The number of likely N-dealkylation sites (tertiary alicyclic amines) is 2. The van der Waals surface area contributed by atoms with Crippen molar-refractivity contribution in [1.29, 1.82) is 0 Å². The molecule has 2 aliphatic rings. The summed E-state index contributed by atoms with van der Waals surface area (Å²) in [4.78, 5) is 29.8. The molecule has 1 atom stereocenters. The first-order chi connectivity index (χ1) is 16.7. The number of esters is 1. The van der Waals surface area contributed by atoms with Gasteiger partial charge in [-0.05, 0) is 88.4 Å². The Morgan fingerprint density at radius 2 is 1.54 bits per heavy atom. The predicted molar refractivity (Wildman–Crippen MR) is 142 cm³/mol. The molecule has 2 aromatic carbocycles. The van der Waals surface area contributed by atoms with Crippen LogP contribution in [0.4, 0.5) is 0 Å². The highest BCUT2D eigenvalue weighted by atomic mass is 79.9. The highest BCUT2D eigenvalue weighted by Crippen LogP contribution is 2.38. The quantitative estimate of drug-likeness (QED) is 0.431. The normalized spacial score (nSPS) is 19.9. The number of benzene rings is 2. The van der Waals surface area contributed by atoms with Gasteiger partial charge in [-0.2, -0.15) is 0 Å². The average Bonchev–Trinajstić information content (AvgIpc) is 2.83. The zero-order valence-electron chi connectivity index (χ0n) is 21.4. The van der Waals surface area contributed by atoms with Gasteiger partial charge in [0.25, 0.3) is 5.91 Å². The number of ether oxygens (including phenoxy) is 1. The number of piperidine rings is 2. The molecule has 2 aromatic rings. The number of carbonyl (C=O) groups is 2. The van der Waals surface area contributed by atoms with Crippen molar-refractivity contribution >= 4 is 27.8 Å². The number of carbonyl (C=O) groups excluding carboxylic acids is 2. The van der Waals surface area contributed by atoms with Gasteiger partial charge < -0.3 is 9.64 Å². The smallest absolute Gasteiger partial charge is 0.303 e. The lowest BCUT2D eigenvalue weighted by Crippen LogP contribution is -2.56. The molecule has 0 aromatic heterocycles. The monoisotopic (exact) mass is 540 g/mol. The van der Waals surface area contributed by atoms with Gasteiger partial charge in [-0.15, -0.1) is 0 Å². The van der Waals surface area contributed by atoms with Crippen LogP contribution >= 0.6 is 15.9 Å². The molecule has 0 bridgehead atoms. The summed E-state index contributed by atoms with van der Waals surface area (Å²) < 4.78 is 6.83. The van der Waals surface area contributed by atoms with Gasteiger partial charge in [-0.3, -0.25) is 14.5 Å². The van der Waals surface area contributed by atoms with Crippen LogP contribution in [0.2, 0.25) is 0 Å². The highest BCUT2D eigenvalue weighted by molar-refractivity contribution is 9.10. The molecule has 2 fully saturated rings. The zero-order chi connectivity index (χ0) is 25.2. The number of halogens is 1.